The molecular weight excluding hydrogens is 362 g/mol. The van der Waals surface area contributed by atoms with E-state index in [9.17, 15) is 13.2 Å². The van der Waals surface area contributed by atoms with E-state index in [-0.39, 0.29) is 18.9 Å². The normalized spacial score (nSPS) is 14.2. The number of nitrogens with one attached hydrogen (secondary N) is 1. The molecule has 3 rings (SSSR count). The zero-order valence-corrected chi connectivity index (χ0v) is 16.3. The van der Waals surface area contributed by atoms with E-state index in [1.54, 1.807) is 24.3 Å². The van der Waals surface area contributed by atoms with E-state index in [4.69, 9.17) is 0 Å². The Kier molecular flexibility index (Phi) is 6.01. The Bertz CT molecular complexity index is 861. The van der Waals surface area contributed by atoms with Gasteiger partial charge in [0.1, 0.15) is 0 Å². The Balaban J connectivity index is 1.58. The molecule has 0 bridgehead atoms. The van der Waals surface area contributed by atoms with Crippen LogP contribution < -0.4 is 14.5 Å². The van der Waals surface area contributed by atoms with Crippen LogP contribution in [0.5, 0.6) is 0 Å². The maximum absolute atomic E-state index is 12.3. The van der Waals surface area contributed by atoms with Crippen molar-refractivity contribution in [2.75, 3.05) is 40.4 Å². The van der Waals surface area contributed by atoms with Crippen molar-refractivity contribution in [1.82, 2.24) is 0 Å². The number of amides is 1. The lowest BCUT2D eigenvalue weighted by molar-refractivity contribution is -0.116. The zero-order valence-electron chi connectivity index (χ0n) is 15.5. The largest absolute Gasteiger partial charge is 0.372 e. The fourth-order valence-corrected chi connectivity index (χ4v) is 4.17. The van der Waals surface area contributed by atoms with Gasteiger partial charge >= 0.3 is 0 Å². The van der Waals surface area contributed by atoms with E-state index in [1.807, 2.05) is 30.3 Å². The van der Waals surface area contributed by atoms with E-state index in [1.165, 1.54) is 17.1 Å². The summed E-state index contributed by atoms with van der Waals surface area (Å²) in [7, 11) is -3.45. The van der Waals surface area contributed by atoms with Gasteiger partial charge in [-0.25, -0.2) is 8.42 Å². The fourth-order valence-electron chi connectivity index (χ4n) is 3.24. The molecule has 2 aromatic carbocycles. The Morgan fingerprint density at radius 2 is 1.67 bits per heavy atom. The maximum Gasteiger partial charge on any atom is 0.232 e. The van der Waals surface area contributed by atoms with Gasteiger partial charge in [0.2, 0.25) is 15.9 Å². The lowest BCUT2D eigenvalue weighted by Crippen LogP contribution is -2.33. The van der Waals surface area contributed by atoms with Crippen molar-refractivity contribution in [3.8, 4) is 0 Å². The second-order valence-electron chi connectivity index (χ2n) is 6.71. The van der Waals surface area contributed by atoms with Crippen LogP contribution in [0, 0.1) is 0 Å². The monoisotopic (exact) mass is 387 g/mol. The third kappa shape index (κ3) is 5.23. The van der Waals surface area contributed by atoms with E-state index >= 15 is 0 Å². The van der Waals surface area contributed by atoms with Gasteiger partial charge in [0.05, 0.1) is 11.9 Å². The quantitative estimate of drug-likeness (QED) is 0.793. The first kappa shape index (κ1) is 19.2. The molecule has 6 nitrogen and oxygen atoms in total. The summed E-state index contributed by atoms with van der Waals surface area (Å²) >= 11 is 0. The van der Waals surface area contributed by atoms with E-state index in [0.29, 0.717) is 11.4 Å². The Labute approximate surface area is 160 Å². The second kappa shape index (κ2) is 8.43. The van der Waals surface area contributed by atoms with Crippen molar-refractivity contribution in [3.05, 3.63) is 54.6 Å². The molecule has 27 heavy (non-hydrogen) atoms. The van der Waals surface area contributed by atoms with Crippen LogP contribution in [0.4, 0.5) is 17.1 Å². The molecule has 1 aliphatic heterocycles. The molecule has 0 aliphatic carbocycles. The number of rotatable bonds is 7. The minimum Gasteiger partial charge on any atom is -0.372 e. The number of hydrogen-bond acceptors (Lipinski definition) is 4. The second-order valence-corrected chi connectivity index (χ2v) is 8.62. The summed E-state index contributed by atoms with van der Waals surface area (Å²) in [5.41, 5.74) is 2.44. The molecule has 1 fully saturated rings. The number of para-hydroxylation sites is 1. The predicted octanol–water partition coefficient (Wildman–Crippen LogP) is 3.08. The third-order valence-electron chi connectivity index (χ3n) is 4.61. The number of nitrogens with zero attached hydrogens (tertiary/aromatic N) is 2. The number of hydrogen-bond donors (Lipinski definition) is 1. The van der Waals surface area contributed by atoms with Gasteiger partial charge in [-0.2, -0.15) is 0 Å². The number of carbonyl (C=O) groups excluding carboxylic acids is 1. The fraction of sp³-hybridized carbons (Fsp3) is 0.350. The summed E-state index contributed by atoms with van der Waals surface area (Å²) in [5.74, 6) is -0.214. The molecule has 1 heterocycles. The van der Waals surface area contributed by atoms with E-state index < -0.39 is 10.0 Å². The van der Waals surface area contributed by atoms with Crippen molar-refractivity contribution >= 4 is 33.0 Å². The molecule has 0 radical (unpaired) electrons. The third-order valence-corrected chi connectivity index (χ3v) is 5.80. The predicted molar refractivity (Wildman–Crippen MR) is 110 cm³/mol. The Hall–Kier alpha value is -2.54. The van der Waals surface area contributed by atoms with Gasteiger partial charge in [-0.1, -0.05) is 18.2 Å². The average molecular weight is 388 g/mol. The van der Waals surface area contributed by atoms with E-state index in [0.717, 1.165) is 25.0 Å². The molecule has 1 amide bonds. The van der Waals surface area contributed by atoms with Gasteiger partial charge in [0, 0.05) is 37.4 Å². The minimum absolute atomic E-state index is 0.0792. The molecule has 0 atom stereocenters. The summed E-state index contributed by atoms with van der Waals surface area (Å²) < 4.78 is 25.4. The first-order valence-corrected chi connectivity index (χ1v) is 11.0. The summed E-state index contributed by atoms with van der Waals surface area (Å²) in [4.78, 5) is 14.6. The van der Waals surface area contributed by atoms with Gasteiger partial charge < -0.3 is 10.2 Å². The van der Waals surface area contributed by atoms with Gasteiger partial charge in [-0.05, 0) is 49.2 Å². The van der Waals surface area contributed by atoms with Gasteiger partial charge in [-0.15, -0.1) is 0 Å². The van der Waals surface area contributed by atoms with Crippen LogP contribution in [0.25, 0.3) is 0 Å². The number of sulfonamides is 1. The standard InChI is InChI=1S/C20H25N3O3S/c1-27(25,26)23(19-7-3-2-4-8-19)16-13-20(24)21-17-9-11-18(12-10-17)22-14-5-6-15-22/h2-4,7-12H,5-6,13-16H2,1H3,(H,21,24). The van der Waals surface area contributed by atoms with Crippen LogP contribution in [-0.4, -0.2) is 40.2 Å². The highest BCUT2D eigenvalue weighted by atomic mass is 32.2. The Morgan fingerprint density at radius 3 is 2.26 bits per heavy atom. The van der Waals surface area contributed by atoms with E-state index in [2.05, 4.69) is 10.2 Å². The van der Waals surface area contributed by atoms with Crippen LogP contribution in [0.1, 0.15) is 19.3 Å². The van der Waals surface area contributed by atoms with Crippen molar-refractivity contribution in [1.29, 1.82) is 0 Å². The van der Waals surface area contributed by atoms with Crippen molar-refractivity contribution < 1.29 is 13.2 Å². The molecule has 2 aromatic rings. The minimum atomic E-state index is -3.45. The molecule has 0 unspecified atom stereocenters. The summed E-state index contributed by atoms with van der Waals surface area (Å²) in [6.45, 7) is 2.25. The van der Waals surface area contributed by atoms with Crippen molar-refractivity contribution in [2.24, 2.45) is 0 Å². The van der Waals surface area contributed by atoms with Crippen LogP contribution in [0.2, 0.25) is 0 Å². The lowest BCUT2D eigenvalue weighted by Gasteiger charge is -2.22. The molecule has 1 N–H and O–H groups in total. The molecule has 0 aromatic heterocycles. The topological polar surface area (TPSA) is 69.7 Å². The highest BCUT2D eigenvalue weighted by molar-refractivity contribution is 7.92. The van der Waals surface area contributed by atoms with Crippen molar-refractivity contribution in [3.63, 3.8) is 0 Å². The molecule has 0 spiro atoms. The molecular formula is C20H25N3O3S. The summed E-state index contributed by atoms with van der Waals surface area (Å²) in [6, 6.07) is 16.6. The van der Waals surface area contributed by atoms with Gasteiger partial charge in [-0.3, -0.25) is 9.10 Å². The molecule has 1 saturated heterocycles. The summed E-state index contributed by atoms with van der Waals surface area (Å²) in [5, 5.41) is 2.84. The summed E-state index contributed by atoms with van der Waals surface area (Å²) in [6.07, 6.45) is 3.66. The van der Waals surface area contributed by atoms with Crippen LogP contribution in [-0.2, 0) is 14.8 Å². The molecule has 7 heteroatoms. The van der Waals surface area contributed by atoms with Crippen molar-refractivity contribution in [2.45, 2.75) is 19.3 Å². The smallest absolute Gasteiger partial charge is 0.232 e. The number of anilines is 3. The van der Waals surface area contributed by atoms with Crippen LogP contribution in [0.15, 0.2) is 54.6 Å². The van der Waals surface area contributed by atoms with Crippen LogP contribution >= 0.6 is 0 Å². The van der Waals surface area contributed by atoms with Gasteiger partial charge in [0.15, 0.2) is 0 Å². The highest BCUT2D eigenvalue weighted by Crippen LogP contribution is 2.22. The van der Waals surface area contributed by atoms with Gasteiger partial charge in [0.25, 0.3) is 0 Å². The first-order valence-electron chi connectivity index (χ1n) is 9.11. The number of carbonyl (C=O) groups is 1. The SMILES string of the molecule is CS(=O)(=O)N(CCC(=O)Nc1ccc(N2CCCC2)cc1)c1ccccc1. The van der Waals surface area contributed by atoms with Crippen LogP contribution in [0.3, 0.4) is 0 Å². The lowest BCUT2D eigenvalue weighted by atomic mass is 10.2. The number of benzene rings is 2. The maximum atomic E-state index is 12.3. The zero-order chi connectivity index (χ0) is 19.3. The highest BCUT2D eigenvalue weighted by Gasteiger charge is 2.18. The Morgan fingerprint density at radius 1 is 1.04 bits per heavy atom. The first-order chi connectivity index (χ1) is 12.9. The molecule has 144 valence electrons. The average Bonchev–Trinajstić information content (AvgIpc) is 3.17. The molecule has 0 saturated carbocycles. The molecule has 1 aliphatic rings.